The molecule has 24 heavy (non-hydrogen) atoms. The van der Waals surface area contributed by atoms with Crippen molar-refractivity contribution in [2.24, 2.45) is 0 Å². The Kier molecular flexibility index (Phi) is 6.31. The molecule has 1 aromatic carbocycles. The van der Waals surface area contributed by atoms with Crippen LogP contribution in [-0.4, -0.2) is 56.0 Å². The van der Waals surface area contributed by atoms with E-state index in [0.29, 0.717) is 0 Å². The molecule has 7 heteroatoms. The molecule has 1 aromatic rings. The summed E-state index contributed by atoms with van der Waals surface area (Å²) >= 11 is 0. The monoisotopic (exact) mass is 353 g/mol. The van der Waals surface area contributed by atoms with Crippen LogP contribution in [0.3, 0.4) is 0 Å². The van der Waals surface area contributed by atoms with E-state index in [2.05, 4.69) is 13.2 Å². The van der Waals surface area contributed by atoms with Gasteiger partial charge in [0.2, 0.25) is 10.0 Å². The van der Waals surface area contributed by atoms with E-state index >= 15 is 0 Å². The Hall–Kier alpha value is -1.51. The van der Waals surface area contributed by atoms with Crippen LogP contribution in [0.2, 0.25) is 0 Å². The maximum absolute atomic E-state index is 12.7. The van der Waals surface area contributed by atoms with E-state index in [-0.39, 0.29) is 37.6 Å². The van der Waals surface area contributed by atoms with Gasteiger partial charge in [0, 0.05) is 19.5 Å². The van der Waals surface area contributed by atoms with E-state index in [1.54, 1.807) is 30.4 Å². The predicted octanol–water partition coefficient (Wildman–Crippen LogP) is 1.54. The molecule has 132 valence electrons. The molecule has 2 rings (SSSR count). The van der Waals surface area contributed by atoms with Crippen LogP contribution in [0.25, 0.3) is 0 Å². The lowest BCUT2D eigenvalue weighted by Crippen LogP contribution is -2.59. The van der Waals surface area contributed by atoms with Crippen molar-refractivity contribution in [1.29, 1.82) is 0 Å². The Morgan fingerprint density at radius 3 is 2.29 bits per heavy atom. The molecule has 0 bridgehead atoms. The summed E-state index contributed by atoms with van der Waals surface area (Å²) < 4.78 is 37.9. The highest BCUT2D eigenvalue weighted by atomic mass is 32.2. The highest BCUT2D eigenvalue weighted by molar-refractivity contribution is 7.89. The van der Waals surface area contributed by atoms with Crippen molar-refractivity contribution in [2.75, 3.05) is 26.3 Å². The fourth-order valence-corrected chi connectivity index (χ4v) is 4.08. The number of benzene rings is 1. The van der Waals surface area contributed by atoms with Crippen LogP contribution in [0.5, 0.6) is 0 Å². The number of ether oxygens (including phenoxy) is 2. The molecule has 1 atom stereocenters. The molecule has 1 unspecified atom stereocenters. The van der Waals surface area contributed by atoms with E-state index < -0.39 is 21.9 Å². The second kappa shape index (κ2) is 8.04. The fourth-order valence-electron chi connectivity index (χ4n) is 2.61. The number of rotatable bonds is 8. The van der Waals surface area contributed by atoms with Gasteiger partial charge in [0.15, 0.2) is 5.79 Å². The van der Waals surface area contributed by atoms with Crippen molar-refractivity contribution in [3.63, 3.8) is 0 Å². The lowest BCUT2D eigenvalue weighted by molar-refractivity contribution is -0.288. The zero-order valence-electron chi connectivity index (χ0n) is 13.5. The van der Waals surface area contributed by atoms with Crippen molar-refractivity contribution < 1.29 is 23.0 Å². The van der Waals surface area contributed by atoms with E-state index in [9.17, 15) is 13.5 Å². The maximum atomic E-state index is 12.7. The van der Waals surface area contributed by atoms with Gasteiger partial charge in [-0.1, -0.05) is 30.4 Å². The average molecular weight is 353 g/mol. The summed E-state index contributed by atoms with van der Waals surface area (Å²) in [7, 11) is -3.66. The molecular formula is C17H23NO5S. The summed E-state index contributed by atoms with van der Waals surface area (Å²) in [5.41, 5.74) is 0. The highest BCUT2D eigenvalue weighted by Crippen LogP contribution is 2.31. The van der Waals surface area contributed by atoms with Gasteiger partial charge in [-0.2, -0.15) is 4.31 Å². The first-order chi connectivity index (χ1) is 11.5. The second-order valence-electron chi connectivity index (χ2n) is 5.45. The first kappa shape index (κ1) is 18.8. The molecule has 0 amide bonds. The third kappa shape index (κ3) is 3.93. The molecule has 0 aliphatic carbocycles. The van der Waals surface area contributed by atoms with Crippen LogP contribution < -0.4 is 0 Å². The van der Waals surface area contributed by atoms with Crippen LogP contribution >= 0.6 is 0 Å². The summed E-state index contributed by atoms with van der Waals surface area (Å²) in [6, 6.07) is 8.15. The maximum Gasteiger partial charge on any atom is 0.243 e. The van der Waals surface area contributed by atoms with Crippen LogP contribution in [-0.2, 0) is 19.5 Å². The number of piperidine rings is 1. The van der Waals surface area contributed by atoms with Gasteiger partial charge in [0.25, 0.3) is 0 Å². The molecule has 1 aliphatic heterocycles. The average Bonchev–Trinajstić information content (AvgIpc) is 2.60. The van der Waals surface area contributed by atoms with Crippen molar-refractivity contribution >= 4 is 10.0 Å². The van der Waals surface area contributed by atoms with Crippen LogP contribution in [0.1, 0.15) is 6.42 Å². The normalized spacial score (nSPS) is 21.3. The minimum atomic E-state index is -3.66. The number of sulfonamides is 1. The third-order valence-corrected chi connectivity index (χ3v) is 5.75. The largest absolute Gasteiger partial charge is 0.386 e. The molecule has 0 radical (unpaired) electrons. The van der Waals surface area contributed by atoms with E-state index in [4.69, 9.17) is 9.47 Å². The predicted molar refractivity (Wildman–Crippen MR) is 90.9 cm³/mol. The molecule has 1 saturated heterocycles. The summed E-state index contributed by atoms with van der Waals surface area (Å²) in [6.07, 6.45) is 2.20. The zero-order chi connectivity index (χ0) is 17.6. The van der Waals surface area contributed by atoms with Crippen molar-refractivity contribution in [1.82, 2.24) is 4.31 Å². The number of β-amino-alcohol motifs (C(OH)–C–C–N with tert-alkyl or cyclic N) is 1. The van der Waals surface area contributed by atoms with Gasteiger partial charge in [-0.25, -0.2) is 8.42 Å². The first-order valence-electron chi connectivity index (χ1n) is 7.69. The minimum absolute atomic E-state index is 0.106. The number of hydrogen-bond acceptors (Lipinski definition) is 5. The van der Waals surface area contributed by atoms with Crippen molar-refractivity contribution in [3.05, 3.63) is 55.6 Å². The quantitative estimate of drug-likeness (QED) is 0.567. The number of hydrogen-bond donors (Lipinski definition) is 1. The van der Waals surface area contributed by atoms with Gasteiger partial charge in [-0.15, -0.1) is 13.2 Å². The van der Waals surface area contributed by atoms with Crippen molar-refractivity contribution in [2.45, 2.75) is 23.2 Å². The molecular weight excluding hydrogens is 330 g/mol. The Morgan fingerprint density at radius 1 is 1.21 bits per heavy atom. The molecule has 1 N–H and O–H groups in total. The Balaban J connectivity index is 2.18. The van der Waals surface area contributed by atoms with Gasteiger partial charge in [-0.05, 0) is 12.1 Å². The molecule has 1 fully saturated rings. The minimum Gasteiger partial charge on any atom is -0.386 e. The Morgan fingerprint density at radius 2 is 1.79 bits per heavy atom. The summed E-state index contributed by atoms with van der Waals surface area (Å²) in [5, 5.41) is 10.5. The van der Waals surface area contributed by atoms with E-state index in [1.165, 1.54) is 16.4 Å². The number of aliphatic hydroxyl groups excluding tert-OH is 1. The lowest BCUT2D eigenvalue weighted by atomic mass is 10.0. The fraction of sp³-hybridized carbons (Fsp3) is 0.412. The first-order valence-corrected chi connectivity index (χ1v) is 9.13. The Labute approximate surface area is 143 Å². The topological polar surface area (TPSA) is 76.1 Å². The standard InChI is InChI=1S/C17H23NO5S/c1-3-12-22-17(23-13-4-2)10-11-18(14-16(17)19)24(20,21)15-8-6-5-7-9-15/h3-9,16,19H,1-2,10-14H2. The second-order valence-corrected chi connectivity index (χ2v) is 7.39. The molecule has 6 nitrogen and oxygen atoms in total. The summed E-state index contributed by atoms with van der Waals surface area (Å²) in [6.45, 7) is 7.64. The summed E-state index contributed by atoms with van der Waals surface area (Å²) in [4.78, 5) is 0.198. The highest BCUT2D eigenvalue weighted by Gasteiger charge is 2.47. The summed E-state index contributed by atoms with van der Waals surface area (Å²) in [5.74, 6) is -1.26. The number of nitrogens with zero attached hydrogens (tertiary/aromatic N) is 1. The van der Waals surface area contributed by atoms with E-state index in [1.807, 2.05) is 0 Å². The lowest BCUT2D eigenvalue weighted by Gasteiger charge is -2.43. The van der Waals surface area contributed by atoms with Gasteiger partial charge >= 0.3 is 0 Å². The van der Waals surface area contributed by atoms with E-state index in [0.717, 1.165) is 0 Å². The Bertz CT molecular complexity index is 647. The van der Waals surface area contributed by atoms with Gasteiger partial charge in [0.05, 0.1) is 18.1 Å². The van der Waals surface area contributed by atoms with Crippen LogP contribution in [0.15, 0.2) is 60.5 Å². The van der Waals surface area contributed by atoms with Gasteiger partial charge in [0.1, 0.15) is 6.10 Å². The molecule has 1 heterocycles. The van der Waals surface area contributed by atoms with Crippen LogP contribution in [0, 0.1) is 0 Å². The van der Waals surface area contributed by atoms with Crippen LogP contribution in [0.4, 0.5) is 0 Å². The SMILES string of the molecule is C=CCOC1(OCC=C)CCN(S(=O)(=O)c2ccccc2)CC1O. The zero-order valence-corrected chi connectivity index (χ0v) is 14.3. The van der Waals surface area contributed by atoms with Gasteiger partial charge in [-0.3, -0.25) is 0 Å². The molecule has 0 spiro atoms. The molecule has 0 saturated carbocycles. The molecule has 1 aliphatic rings. The molecule has 0 aromatic heterocycles. The number of aliphatic hydroxyl groups is 1. The van der Waals surface area contributed by atoms with Gasteiger partial charge < -0.3 is 14.6 Å². The smallest absolute Gasteiger partial charge is 0.243 e. The van der Waals surface area contributed by atoms with Crippen molar-refractivity contribution in [3.8, 4) is 0 Å². The third-order valence-electron chi connectivity index (χ3n) is 3.87.